The molecule has 0 aliphatic carbocycles. The third-order valence-electron chi connectivity index (χ3n) is 11.0. The van der Waals surface area contributed by atoms with E-state index in [-0.39, 0.29) is 23.8 Å². The third kappa shape index (κ3) is 47.0. The lowest BCUT2D eigenvalue weighted by Crippen LogP contribution is -2.33. The van der Waals surface area contributed by atoms with E-state index in [0.29, 0.717) is 32.4 Å². The first kappa shape index (κ1) is 55.9. The Hall–Kier alpha value is -1.23. The van der Waals surface area contributed by atoms with Gasteiger partial charge >= 0.3 is 0 Å². The molecule has 0 radical (unpaired) electrons. The zero-order valence-electron chi connectivity index (χ0n) is 36.7. The molecule has 0 aromatic heterocycles. The van der Waals surface area contributed by atoms with Crippen LogP contribution >= 0.6 is 0 Å². The van der Waals surface area contributed by atoms with E-state index in [1.165, 1.54) is 167 Å². The molecule has 10 heteroatoms. The van der Waals surface area contributed by atoms with E-state index >= 15 is 0 Å². The molecule has 9 nitrogen and oxygen atoms in total. The highest BCUT2D eigenvalue weighted by molar-refractivity contribution is 7.80. The highest BCUT2D eigenvalue weighted by Gasteiger charge is 2.23. The quantitative estimate of drug-likeness (QED) is 0.0317. The number of carbonyl (C=O) groups is 2. The van der Waals surface area contributed by atoms with Gasteiger partial charge in [-0.05, 0) is 37.5 Å². The molecule has 0 rings (SSSR count). The highest BCUT2D eigenvalue weighted by Crippen LogP contribution is 2.29. The lowest BCUT2D eigenvalue weighted by Gasteiger charge is -2.29. The summed E-state index contributed by atoms with van der Waals surface area (Å²) in [4.78, 5) is 24.8. The molecular weight excluding hydrogens is 713 g/mol. The number of amides is 2. The molecule has 55 heavy (non-hydrogen) atoms. The molecule has 0 fully saturated rings. The van der Waals surface area contributed by atoms with Crippen LogP contribution in [0.25, 0.3) is 0 Å². The van der Waals surface area contributed by atoms with E-state index in [2.05, 4.69) is 35.6 Å². The van der Waals surface area contributed by atoms with E-state index in [4.69, 9.17) is 0 Å². The predicted molar refractivity (Wildman–Crippen MR) is 231 cm³/mol. The molecule has 0 aromatic rings. The maximum Gasteiger partial charge on any atom is 0.219 e. The van der Waals surface area contributed by atoms with E-state index in [9.17, 15) is 27.7 Å². The predicted octanol–water partition coefficient (Wildman–Crippen LogP) is 12.0. The second kappa shape index (κ2) is 42.4. The normalized spacial score (nSPS) is 11.7. The second-order valence-corrected chi connectivity index (χ2v) is 17.6. The molecule has 0 heterocycles. The number of hydrogen-bond acceptors (Lipinski definition) is 7. The molecule has 0 bridgehead atoms. The molecule has 0 spiro atoms. The van der Waals surface area contributed by atoms with Crippen LogP contribution in [0.5, 0.6) is 0 Å². The molecule has 3 N–H and O–H groups in total. The fourth-order valence-corrected chi connectivity index (χ4v) is 7.14. The Morgan fingerprint density at radius 1 is 0.509 bits per heavy atom. The first-order valence-electron chi connectivity index (χ1n) is 23.2. The molecule has 0 aromatic carbocycles. The van der Waals surface area contributed by atoms with Gasteiger partial charge in [-0.15, -0.1) is 0 Å². The van der Waals surface area contributed by atoms with Crippen molar-refractivity contribution in [3.63, 3.8) is 0 Å². The summed E-state index contributed by atoms with van der Waals surface area (Å²) < 4.78 is 31.0. The van der Waals surface area contributed by atoms with Gasteiger partial charge in [0.1, 0.15) is 0 Å². The van der Waals surface area contributed by atoms with E-state index in [1.807, 2.05) is 0 Å². The van der Waals surface area contributed by atoms with Crippen LogP contribution < -0.4 is 10.6 Å². The highest BCUT2D eigenvalue weighted by atomic mass is 32.3. The third-order valence-corrected chi connectivity index (χ3v) is 11.4. The lowest BCUT2D eigenvalue weighted by molar-refractivity contribution is -0.121. The first-order chi connectivity index (χ1) is 26.5. The fourth-order valence-electron chi connectivity index (χ4n) is 7.14. The van der Waals surface area contributed by atoms with Gasteiger partial charge < -0.3 is 20.3 Å². The van der Waals surface area contributed by atoms with Crippen molar-refractivity contribution in [1.29, 1.82) is 0 Å². The zero-order valence-corrected chi connectivity index (χ0v) is 37.5. The van der Waals surface area contributed by atoms with Crippen LogP contribution in [-0.2, 0) is 24.2 Å². The average Bonchev–Trinajstić information content (AvgIpc) is 3.15. The Morgan fingerprint density at radius 3 is 0.964 bits per heavy atom. The summed E-state index contributed by atoms with van der Waals surface area (Å²) in [5.41, 5.74) is -0.0847. The molecule has 0 saturated heterocycles. The standard InChI is InChI=1S/C44H88N2O3.CH4O4S/c1-4-6-8-10-12-14-16-18-20-22-24-26-28-30-32-34-42(48)45-39-36-44(3,38-41-47)37-40-46-43(49)35-33-31-29-27-25-23-21-19-17-15-13-11-9-7-5-2;1-5-6(2,3)4/h47H,4-41H2,1-3H3,(H,45,48)(H,46,49);1H3,(H,2,3,4)/p-1. The van der Waals surface area contributed by atoms with Crippen molar-refractivity contribution >= 4 is 22.2 Å². The summed E-state index contributed by atoms with van der Waals surface area (Å²) in [6.45, 7) is 8.15. The van der Waals surface area contributed by atoms with Crippen LogP contribution in [0.1, 0.15) is 245 Å². The molecule has 0 saturated carbocycles. The molecule has 2 amide bonds. The fraction of sp³-hybridized carbons (Fsp3) is 0.956. The topological polar surface area (TPSA) is 145 Å². The Balaban J connectivity index is 0. The van der Waals surface area contributed by atoms with Crippen molar-refractivity contribution in [2.24, 2.45) is 5.41 Å². The lowest BCUT2D eigenvalue weighted by atomic mass is 9.80. The summed E-state index contributed by atoms with van der Waals surface area (Å²) in [6, 6.07) is 0. The van der Waals surface area contributed by atoms with Gasteiger partial charge in [0.15, 0.2) is 0 Å². The first-order valence-corrected chi connectivity index (χ1v) is 24.5. The van der Waals surface area contributed by atoms with Gasteiger partial charge in [-0.25, -0.2) is 8.42 Å². The van der Waals surface area contributed by atoms with Gasteiger partial charge in [0.05, 0.1) is 7.11 Å². The maximum absolute atomic E-state index is 12.4. The smallest absolute Gasteiger partial charge is 0.219 e. The molecule has 0 aliphatic rings. The molecule has 0 atom stereocenters. The molecule has 330 valence electrons. The van der Waals surface area contributed by atoms with E-state index in [0.717, 1.165) is 45.6 Å². The number of unbranched alkanes of at least 4 members (excludes halogenated alkanes) is 28. The van der Waals surface area contributed by atoms with Crippen LogP contribution in [0.15, 0.2) is 0 Å². The minimum atomic E-state index is -4.41. The van der Waals surface area contributed by atoms with Gasteiger partial charge in [-0.1, -0.05) is 201 Å². The minimum absolute atomic E-state index is 0.0847. The van der Waals surface area contributed by atoms with Crippen LogP contribution in [0.4, 0.5) is 0 Å². The zero-order chi connectivity index (χ0) is 41.1. The molecule has 0 aliphatic heterocycles. The second-order valence-electron chi connectivity index (χ2n) is 16.5. The number of hydrogen-bond donors (Lipinski definition) is 3. The largest absolute Gasteiger partial charge is 0.726 e. The van der Waals surface area contributed by atoms with Gasteiger partial charge in [0, 0.05) is 32.5 Å². The van der Waals surface area contributed by atoms with E-state index < -0.39 is 10.4 Å². The number of carbonyl (C=O) groups excluding carboxylic acids is 2. The number of nitrogens with one attached hydrogen (secondary N) is 2. The summed E-state index contributed by atoms with van der Waals surface area (Å²) >= 11 is 0. The van der Waals surface area contributed by atoms with Gasteiger partial charge in [0.2, 0.25) is 22.2 Å². The number of rotatable bonds is 41. The Labute approximate surface area is 341 Å². The number of aliphatic hydroxyl groups is 1. The molecule has 0 unspecified atom stereocenters. The molecular formula is C45H91N2O7S-. The van der Waals surface area contributed by atoms with Crippen LogP contribution in [-0.4, -0.2) is 56.7 Å². The number of aliphatic hydroxyl groups excluding tert-OH is 1. The van der Waals surface area contributed by atoms with Crippen LogP contribution in [0.3, 0.4) is 0 Å². The summed E-state index contributed by atoms with van der Waals surface area (Å²) in [5.74, 6) is 0.302. The Kier molecular flexibility index (Phi) is 43.0. The van der Waals surface area contributed by atoms with Crippen molar-refractivity contribution in [3.05, 3.63) is 0 Å². The van der Waals surface area contributed by atoms with Gasteiger partial charge in [0.25, 0.3) is 0 Å². The van der Waals surface area contributed by atoms with Gasteiger partial charge in [-0.3, -0.25) is 13.8 Å². The Morgan fingerprint density at radius 2 is 0.745 bits per heavy atom. The van der Waals surface area contributed by atoms with Crippen LogP contribution in [0.2, 0.25) is 0 Å². The summed E-state index contributed by atoms with van der Waals surface area (Å²) in [5, 5.41) is 15.9. The van der Waals surface area contributed by atoms with Gasteiger partial charge in [-0.2, -0.15) is 0 Å². The minimum Gasteiger partial charge on any atom is -0.726 e. The van der Waals surface area contributed by atoms with Crippen molar-refractivity contribution < 1.29 is 31.8 Å². The Bertz CT molecular complexity index is 880. The van der Waals surface area contributed by atoms with E-state index in [1.54, 1.807) is 0 Å². The summed E-state index contributed by atoms with van der Waals surface area (Å²) in [6.07, 6.45) is 43.6. The van der Waals surface area contributed by atoms with Crippen molar-refractivity contribution in [2.45, 2.75) is 245 Å². The SMILES string of the molecule is CCCCCCCCCCCCCCCCCC(=O)NCCC(C)(CCO)CCNC(=O)CCCCCCCCCCCCCCCCC.COS(=O)(=O)[O-]. The maximum atomic E-state index is 12.4. The summed E-state index contributed by atoms with van der Waals surface area (Å²) in [7, 11) is -3.60. The van der Waals surface area contributed by atoms with Crippen molar-refractivity contribution in [1.82, 2.24) is 10.6 Å². The monoisotopic (exact) mass is 804 g/mol. The van der Waals surface area contributed by atoms with Crippen molar-refractivity contribution in [3.8, 4) is 0 Å². The van der Waals surface area contributed by atoms with Crippen LogP contribution in [0, 0.1) is 5.41 Å². The van der Waals surface area contributed by atoms with Crippen molar-refractivity contribution in [2.75, 3.05) is 26.8 Å². The average molecular weight is 804 g/mol.